The first-order valence-electron chi connectivity index (χ1n) is 17.8. The van der Waals surface area contributed by atoms with E-state index in [1.54, 1.807) is 65.8 Å². The van der Waals surface area contributed by atoms with Gasteiger partial charge >= 0.3 is 12.3 Å². The van der Waals surface area contributed by atoms with E-state index in [2.05, 4.69) is 21.2 Å². The van der Waals surface area contributed by atoms with Crippen LogP contribution < -0.4 is 14.9 Å². The Morgan fingerprint density at radius 3 is 2.32 bits per heavy atom. The number of benzene rings is 3. The summed E-state index contributed by atoms with van der Waals surface area (Å²) in [6.45, 7) is 10.2. The number of nitriles is 1. The van der Waals surface area contributed by atoms with Gasteiger partial charge in [0.25, 0.3) is 5.91 Å². The van der Waals surface area contributed by atoms with Gasteiger partial charge in [-0.1, -0.05) is 37.1 Å². The van der Waals surface area contributed by atoms with Gasteiger partial charge in [0.1, 0.15) is 27.4 Å². The third-order valence-electron chi connectivity index (χ3n) is 8.94. The van der Waals surface area contributed by atoms with Crippen LogP contribution in [0.3, 0.4) is 0 Å². The Bertz CT molecular complexity index is 2150. The van der Waals surface area contributed by atoms with Crippen molar-refractivity contribution in [2.75, 3.05) is 10.2 Å². The maximum Gasteiger partial charge on any atom is 0.435 e. The van der Waals surface area contributed by atoms with Crippen LogP contribution in [0.5, 0.6) is 0 Å². The first-order valence-corrected chi connectivity index (χ1v) is 18.9. The normalized spacial score (nSPS) is 15.0. The summed E-state index contributed by atoms with van der Waals surface area (Å²) in [4.78, 5) is 27.6. The Morgan fingerprint density at radius 2 is 1.71 bits per heavy atom. The number of aromatic nitrogens is 2. The van der Waals surface area contributed by atoms with Gasteiger partial charge in [0.15, 0.2) is 5.69 Å². The van der Waals surface area contributed by atoms with E-state index in [-0.39, 0.29) is 17.1 Å². The lowest BCUT2D eigenvalue weighted by Gasteiger charge is -2.39. The molecule has 2 unspecified atom stereocenters. The minimum atomic E-state index is -4.98. The molecule has 1 heterocycles. The fourth-order valence-electron chi connectivity index (χ4n) is 5.89. The van der Waals surface area contributed by atoms with Crippen molar-refractivity contribution in [3.05, 3.63) is 107 Å². The van der Waals surface area contributed by atoms with Gasteiger partial charge in [-0.05, 0) is 114 Å². The molecule has 296 valence electrons. The summed E-state index contributed by atoms with van der Waals surface area (Å²) in [6.07, 6.45) is -2.12. The molecule has 2 amide bonds. The van der Waals surface area contributed by atoms with Crippen molar-refractivity contribution < 1.29 is 36.4 Å². The molecule has 1 fully saturated rings. The molecule has 1 aliphatic rings. The number of amides is 2. The summed E-state index contributed by atoms with van der Waals surface area (Å²) in [5.41, 5.74) is -3.32. The van der Waals surface area contributed by atoms with E-state index in [1.165, 1.54) is 36.4 Å². The predicted molar refractivity (Wildman–Crippen MR) is 205 cm³/mol. The van der Waals surface area contributed by atoms with Crippen LogP contribution in [0.15, 0.2) is 72.8 Å². The highest BCUT2D eigenvalue weighted by Crippen LogP contribution is 2.43. The van der Waals surface area contributed by atoms with E-state index in [0.29, 0.717) is 52.5 Å². The monoisotopic (exact) mass is 793 g/mol. The van der Waals surface area contributed by atoms with Gasteiger partial charge in [0.05, 0.1) is 35.0 Å². The summed E-state index contributed by atoms with van der Waals surface area (Å²) in [6, 6.07) is 18.7. The van der Waals surface area contributed by atoms with Crippen LogP contribution in [0.25, 0.3) is 5.69 Å². The van der Waals surface area contributed by atoms with Gasteiger partial charge in [-0.2, -0.15) is 23.5 Å². The Kier molecular flexibility index (Phi) is 12.0. The highest BCUT2D eigenvalue weighted by atomic mass is 32.2. The van der Waals surface area contributed by atoms with E-state index in [0.717, 1.165) is 23.8 Å². The van der Waals surface area contributed by atoms with Crippen molar-refractivity contribution in [2.45, 2.75) is 89.3 Å². The summed E-state index contributed by atoms with van der Waals surface area (Å²) < 4.78 is 80.4. The number of carbonyl (C=O) groups is 2. The summed E-state index contributed by atoms with van der Waals surface area (Å²) in [7, 11) is 0. The molecule has 0 saturated heterocycles. The summed E-state index contributed by atoms with van der Waals surface area (Å²) >= 11 is -1.69. The van der Waals surface area contributed by atoms with Crippen molar-refractivity contribution in [1.82, 2.24) is 14.5 Å². The molecule has 0 aliphatic heterocycles. The summed E-state index contributed by atoms with van der Waals surface area (Å²) in [5.74, 6) is -1.63. The lowest BCUT2D eigenvalue weighted by atomic mass is 9.79. The molecule has 2 atom stereocenters. The molecule has 5 rings (SSSR count). The average molecular weight is 794 g/mol. The third kappa shape index (κ3) is 9.76. The minimum Gasteiger partial charge on any atom is -0.598 e. The van der Waals surface area contributed by atoms with Crippen molar-refractivity contribution in [3.63, 3.8) is 0 Å². The van der Waals surface area contributed by atoms with Crippen LogP contribution in [-0.4, -0.2) is 43.0 Å². The second kappa shape index (κ2) is 16.1. The smallest absolute Gasteiger partial charge is 0.435 e. The number of rotatable bonds is 12. The Labute approximate surface area is 325 Å². The molecule has 1 aliphatic carbocycles. The molecule has 0 bridgehead atoms. The highest BCUT2D eigenvalue weighted by Gasteiger charge is 2.44. The number of ether oxygens (including phenoxy) is 1. The fourth-order valence-corrected chi connectivity index (χ4v) is 6.85. The zero-order chi connectivity index (χ0) is 41.2. The predicted octanol–water partition coefficient (Wildman–Crippen LogP) is 8.99. The van der Waals surface area contributed by atoms with Crippen LogP contribution in [-0.2, 0) is 27.8 Å². The van der Waals surface area contributed by atoms with Crippen LogP contribution in [0, 0.1) is 28.5 Å². The van der Waals surface area contributed by atoms with E-state index in [9.17, 15) is 32.6 Å². The molecule has 3 N–H and O–H groups in total. The molecule has 1 aromatic heterocycles. The van der Waals surface area contributed by atoms with Crippen LogP contribution in [0.2, 0.25) is 0 Å². The maximum absolute atomic E-state index is 15.7. The van der Waals surface area contributed by atoms with E-state index in [4.69, 9.17) is 10.1 Å². The van der Waals surface area contributed by atoms with Gasteiger partial charge in [0.2, 0.25) is 0 Å². The molecule has 56 heavy (non-hydrogen) atoms. The zero-order valence-electron chi connectivity index (χ0n) is 31.8. The number of alkyl halides is 3. The van der Waals surface area contributed by atoms with E-state index < -0.39 is 62.6 Å². The second-order valence-corrected chi connectivity index (χ2v) is 17.5. The highest BCUT2D eigenvalue weighted by molar-refractivity contribution is 7.90. The average Bonchev–Trinajstić information content (AvgIpc) is 3.83. The SMILES string of the molecule is CC(C)(C)OC(=O)N(C=N)c1cccc(-n2nc(C(F)(F)F)cc2C(=O)Nc2cc(C(CCC3CC3)(N[S+]([O-])C(C)(C)C)c3cccc(C#N)c3)ccc2F)c1. The number of carbonyl (C=O) groups excluding carboxylic acids is 2. The summed E-state index contributed by atoms with van der Waals surface area (Å²) in [5, 5.41) is 23.6. The number of nitrogens with one attached hydrogen (secondary N) is 3. The van der Waals surface area contributed by atoms with Crippen molar-refractivity contribution in [2.24, 2.45) is 5.92 Å². The standard InChI is InChI=1S/C40H43F4N7O4S/c1-37(2,3)55-36(53)50(24-46)29-11-8-12-30(21-29)51-33(22-34(48-51)40(42,43)44)35(52)47-32-20-28(15-16-31(32)41)39(18-17-25-13-14-25,49-56(54)38(4,5)6)27-10-7-9-26(19-27)23-45/h7-12,15-16,19-22,24-25,46,49H,13-14,17-18H2,1-6H3,(H,47,52). The van der Waals surface area contributed by atoms with Crippen molar-refractivity contribution in [3.8, 4) is 11.8 Å². The molecule has 3 aromatic carbocycles. The second-order valence-electron chi connectivity index (χ2n) is 15.5. The Morgan fingerprint density at radius 1 is 1.04 bits per heavy atom. The molecule has 1 saturated carbocycles. The lowest BCUT2D eigenvalue weighted by Crippen LogP contribution is -2.52. The van der Waals surface area contributed by atoms with Crippen LogP contribution in [0.4, 0.5) is 33.7 Å². The maximum atomic E-state index is 15.7. The van der Waals surface area contributed by atoms with E-state index >= 15 is 4.39 Å². The third-order valence-corrected chi connectivity index (χ3v) is 10.6. The van der Waals surface area contributed by atoms with Gasteiger partial charge in [-0.15, -0.1) is 4.72 Å². The first-order chi connectivity index (χ1) is 26.1. The van der Waals surface area contributed by atoms with Crippen molar-refractivity contribution in [1.29, 1.82) is 10.7 Å². The molecule has 16 heteroatoms. The molecular formula is C40H43F4N7O4S. The number of hydrogen-bond acceptors (Lipinski definition) is 8. The first kappa shape index (κ1) is 41.9. The number of nitrogens with zero attached hydrogens (tertiary/aromatic N) is 4. The number of halogens is 4. The lowest BCUT2D eigenvalue weighted by molar-refractivity contribution is -0.141. The van der Waals surface area contributed by atoms with Gasteiger partial charge < -0.3 is 14.6 Å². The zero-order valence-corrected chi connectivity index (χ0v) is 32.6. The van der Waals surface area contributed by atoms with Gasteiger partial charge in [-0.25, -0.2) is 18.8 Å². The Hall–Kier alpha value is -5.24. The molecular weight excluding hydrogens is 751 g/mol. The molecule has 11 nitrogen and oxygen atoms in total. The molecule has 0 spiro atoms. The van der Waals surface area contributed by atoms with Crippen molar-refractivity contribution >= 4 is 41.1 Å². The van der Waals surface area contributed by atoms with Gasteiger partial charge in [0, 0.05) is 17.4 Å². The minimum absolute atomic E-state index is 0.0315. The topological polar surface area (TPSA) is 159 Å². The van der Waals surface area contributed by atoms with Crippen LogP contribution >= 0.6 is 0 Å². The number of hydrogen-bond donors (Lipinski definition) is 3. The largest absolute Gasteiger partial charge is 0.598 e. The van der Waals surface area contributed by atoms with Gasteiger partial charge in [-0.3, -0.25) is 10.2 Å². The number of anilines is 2. The molecule has 0 radical (unpaired) electrons. The quantitative estimate of drug-likeness (QED) is 0.0559. The van der Waals surface area contributed by atoms with Crippen LogP contribution in [0.1, 0.15) is 100 Å². The van der Waals surface area contributed by atoms with E-state index in [1.807, 2.05) is 0 Å². The Balaban J connectivity index is 1.60. The fraction of sp³-hybridized carbons (Fsp3) is 0.375. The molecule has 4 aromatic rings.